The predicted octanol–water partition coefficient (Wildman–Crippen LogP) is 3.60. The van der Waals surface area contributed by atoms with Gasteiger partial charge in [-0.25, -0.2) is 19.6 Å². The number of carboxylic acids is 2. The Morgan fingerprint density at radius 2 is 1.80 bits per heavy atom. The monoisotopic (exact) mass is 584 g/mol. The van der Waals surface area contributed by atoms with Gasteiger partial charge in [0.25, 0.3) is 0 Å². The first-order valence-corrected chi connectivity index (χ1v) is 11.5. The molecule has 2 aromatic rings. The smallest absolute Gasteiger partial charge is 0.490 e. The van der Waals surface area contributed by atoms with E-state index in [4.69, 9.17) is 34.0 Å². The van der Waals surface area contributed by atoms with E-state index in [1.54, 1.807) is 25.8 Å². The van der Waals surface area contributed by atoms with Crippen molar-refractivity contribution in [3.05, 3.63) is 36.9 Å². The van der Waals surface area contributed by atoms with Crippen LogP contribution in [0, 0.1) is 5.41 Å². The maximum absolute atomic E-state index is 10.6. The number of rotatable bonds is 5. The fraction of sp³-hybridized carbons (Fsp3) is 0.522. The minimum Gasteiger partial charge on any atom is -0.491 e. The number of nitrogens with zero attached hydrogens (tertiary/aromatic N) is 4. The highest BCUT2D eigenvalue weighted by Gasteiger charge is 2.47. The average molecular weight is 584 g/mol. The van der Waals surface area contributed by atoms with Gasteiger partial charge in [0.15, 0.2) is 0 Å². The second kappa shape index (κ2) is 14.0. The number of aliphatic carboxylic acids is 2. The van der Waals surface area contributed by atoms with Crippen molar-refractivity contribution in [2.24, 2.45) is 5.41 Å². The molecule has 222 valence electrons. The summed E-state index contributed by atoms with van der Waals surface area (Å²) >= 11 is 0. The SMILES string of the molecule is COc1cc(N2CCC3OCCCC3(COc3cccnc3)C2)ncn1.O=C(O)C(F)(F)F.O=C(O)C(F)(F)F. The van der Waals surface area contributed by atoms with Gasteiger partial charge in [0.05, 0.1) is 26.0 Å². The van der Waals surface area contributed by atoms with Gasteiger partial charge < -0.3 is 29.3 Å². The van der Waals surface area contributed by atoms with Gasteiger partial charge in [0.2, 0.25) is 5.88 Å². The number of halogens is 6. The van der Waals surface area contributed by atoms with E-state index in [-0.39, 0.29) is 11.5 Å². The zero-order valence-electron chi connectivity index (χ0n) is 21.0. The number of aromatic nitrogens is 3. The number of hydrogen-bond donors (Lipinski definition) is 2. The van der Waals surface area contributed by atoms with Crippen molar-refractivity contribution in [1.82, 2.24) is 15.0 Å². The number of carbonyl (C=O) groups is 2. The molecule has 2 saturated heterocycles. The van der Waals surface area contributed by atoms with Crippen LogP contribution in [0.5, 0.6) is 11.6 Å². The number of hydrogen-bond acceptors (Lipinski definition) is 9. The Morgan fingerprint density at radius 1 is 1.15 bits per heavy atom. The maximum atomic E-state index is 10.6. The fourth-order valence-electron chi connectivity index (χ4n) is 3.97. The van der Waals surface area contributed by atoms with Gasteiger partial charge in [0.1, 0.15) is 17.9 Å². The van der Waals surface area contributed by atoms with Gasteiger partial charge in [0, 0.05) is 37.4 Å². The van der Waals surface area contributed by atoms with E-state index in [9.17, 15) is 26.3 Å². The first-order chi connectivity index (χ1) is 18.7. The van der Waals surface area contributed by atoms with Crippen LogP contribution >= 0.6 is 0 Å². The van der Waals surface area contributed by atoms with E-state index in [2.05, 4.69) is 19.9 Å². The maximum Gasteiger partial charge on any atom is 0.490 e. The molecule has 17 heteroatoms. The topological polar surface area (TPSA) is 144 Å². The summed E-state index contributed by atoms with van der Waals surface area (Å²) in [4.78, 5) is 32.8. The summed E-state index contributed by atoms with van der Waals surface area (Å²) in [6, 6.07) is 5.72. The lowest BCUT2D eigenvalue weighted by Gasteiger charge is -2.50. The van der Waals surface area contributed by atoms with Crippen LogP contribution in [0.3, 0.4) is 0 Å². The van der Waals surface area contributed by atoms with Gasteiger partial charge in [-0.3, -0.25) is 4.98 Å². The molecule has 0 amide bonds. The van der Waals surface area contributed by atoms with Crippen molar-refractivity contribution in [2.45, 2.75) is 37.7 Å². The normalized spacial score (nSPS) is 20.5. The molecule has 0 saturated carbocycles. The number of carboxylic acid groups (broad SMARTS) is 2. The Morgan fingerprint density at radius 3 is 2.35 bits per heavy atom. The zero-order chi connectivity index (χ0) is 30.0. The molecule has 11 nitrogen and oxygen atoms in total. The number of methoxy groups -OCH3 is 1. The van der Waals surface area contributed by atoms with E-state index < -0.39 is 24.3 Å². The van der Waals surface area contributed by atoms with Crippen molar-refractivity contribution < 1.29 is 60.4 Å². The lowest BCUT2D eigenvalue weighted by atomic mass is 9.73. The summed E-state index contributed by atoms with van der Waals surface area (Å²) in [7, 11) is 1.62. The van der Waals surface area contributed by atoms with Crippen molar-refractivity contribution >= 4 is 17.8 Å². The van der Waals surface area contributed by atoms with Crippen molar-refractivity contribution in [2.75, 3.05) is 38.3 Å². The van der Waals surface area contributed by atoms with Crippen LogP contribution in [0.15, 0.2) is 36.9 Å². The lowest BCUT2D eigenvalue weighted by Crippen LogP contribution is -2.57. The second-order valence-corrected chi connectivity index (χ2v) is 8.54. The third-order valence-corrected chi connectivity index (χ3v) is 5.79. The summed E-state index contributed by atoms with van der Waals surface area (Å²) in [6.07, 6.45) is -1.80. The molecule has 0 aromatic carbocycles. The van der Waals surface area contributed by atoms with Crippen LogP contribution < -0.4 is 14.4 Å². The molecule has 2 atom stereocenters. The Kier molecular flexibility index (Phi) is 11.3. The number of alkyl halides is 6. The molecular formula is C23H26F6N4O7. The molecule has 0 spiro atoms. The van der Waals surface area contributed by atoms with Crippen LogP contribution in [-0.4, -0.2) is 89.0 Å². The molecule has 2 aliphatic rings. The molecule has 4 heterocycles. The van der Waals surface area contributed by atoms with Crippen LogP contribution in [0.25, 0.3) is 0 Å². The molecule has 2 unspecified atom stereocenters. The number of piperidine rings is 1. The first-order valence-electron chi connectivity index (χ1n) is 11.5. The summed E-state index contributed by atoms with van der Waals surface area (Å²) in [5.74, 6) is -3.24. The minimum atomic E-state index is -5.08. The molecule has 4 rings (SSSR count). The van der Waals surface area contributed by atoms with E-state index in [1.165, 1.54) is 0 Å². The van der Waals surface area contributed by atoms with Crippen LogP contribution in [0.4, 0.5) is 32.2 Å². The molecule has 40 heavy (non-hydrogen) atoms. The van der Waals surface area contributed by atoms with Gasteiger partial charge in [-0.2, -0.15) is 26.3 Å². The van der Waals surface area contributed by atoms with Crippen molar-refractivity contribution in [1.29, 1.82) is 0 Å². The number of anilines is 1. The lowest BCUT2D eigenvalue weighted by molar-refractivity contribution is -0.193. The predicted molar refractivity (Wildman–Crippen MR) is 124 cm³/mol. The molecular weight excluding hydrogens is 558 g/mol. The van der Waals surface area contributed by atoms with Gasteiger partial charge in [-0.05, 0) is 31.4 Å². The Hall–Kier alpha value is -3.89. The average Bonchev–Trinajstić information content (AvgIpc) is 2.92. The van der Waals surface area contributed by atoms with Gasteiger partial charge in [-0.1, -0.05) is 0 Å². The fourth-order valence-corrected chi connectivity index (χ4v) is 3.97. The summed E-state index contributed by atoms with van der Waals surface area (Å²) in [5, 5.41) is 14.2. The van der Waals surface area contributed by atoms with E-state index >= 15 is 0 Å². The van der Waals surface area contributed by atoms with E-state index in [0.717, 1.165) is 50.5 Å². The summed E-state index contributed by atoms with van der Waals surface area (Å²) in [6.45, 7) is 3.19. The van der Waals surface area contributed by atoms with Crippen LogP contribution in [0.2, 0.25) is 0 Å². The third-order valence-electron chi connectivity index (χ3n) is 5.79. The van der Waals surface area contributed by atoms with Crippen molar-refractivity contribution in [3.8, 4) is 11.6 Å². The van der Waals surface area contributed by atoms with E-state index in [0.29, 0.717) is 12.5 Å². The highest BCUT2D eigenvalue weighted by atomic mass is 19.4. The highest BCUT2D eigenvalue weighted by molar-refractivity contribution is 5.73. The van der Waals surface area contributed by atoms with Crippen molar-refractivity contribution in [3.63, 3.8) is 0 Å². The van der Waals surface area contributed by atoms with Gasteiger partial charge in [-0.15, -0.1) is 0 Å². The summed E-state index contributed by atoms with van der Waals surface area (Å²) in [5.41, 5.74) is -0.0511. The highest BCUT2D eigenvalue weighted by Crippen LogP contribution is 2.41. The molecule has 2 fully saturated rings. The Balaban J connectivity index is 0.000000333. The molecule has 2 aliphatic heterocycles. The Labute approximate surface area is 223 Å². The largest absolute Gasteiger partial charge is 0.491 e. The summed E-state index contributed by atoms with van der Waals surface area (Å²) < 4.78 is 81.0. The third kappa shape index (κ3) is 9.69. The van der Waals surface area contributed by atoms with Crippen LogP contribution in [-0.2, 0) is 14.3 Å². The van der Waals surface area contributed by atoms with E-state index in [1.807, 2.05) is 18.2 Å². The standard InChI is InChI=1S/C19H24N4O3.2C2HF3O2/c1-24-18-10-17(21-14-22-18)23-8-5-16-19(12-23,6-3-9-25-16)13-26-15-4-2-7-20-11-15;2*3-2(4,5)1(6)7/h2,4,7,10-11,14,16H,3,5-6,8-9,12-13H2,1H3;2*(H,6,7). The molecule has 0 bridgehead atoms. The van der Waals surface area contributed by atoms with Gasteiger partial charge >= 0.3 is 24.3 Å². The molecule has 0 aliphatic carbocycles. The Bertz CT molecular complexity index is 1080. The molecule has 2 aromatic heterocycles. The minimum absolute atomic E-state index is 0.0511. The number of fused-ring (bicyclic) bond motifs is 1. The number of pyridine rings is 1. The quantitative estimate of drug-likeness (QED) is 0.498. The zero-order valence-corrected chi connectivity index (χ0v) is 21.0. The second-order valence-electron chi connectivity index (χ2n) is 8.54. The number of ether oxygens (including phenoxy) is 3. The van der Waals surface area contributed by atoms with Crippen LogP contribution in [0.1, 0.15) is 19.3 Å². The first kappa shape index (κ1) is 32.3. The molecule has 2 N–H and O–H groups in total. The molecule has 0 radical (unpaired) electrons.